The molecule has 1 N–H and O–H groups in total. The maximum absolute atomic E-state index is 14.7. The number of benzene rings is 1. The van der Waals surface area contributed by atoms with Crippen LogP contribution in [0.5, 0.6) is 0 Å². The van der Waals surface area contributed by atoms with E-state index in [4.69, 9.17) is 9.47 Å². The maximum Gasteiger partial charge on any atom is 0.248 e. The minimum absolute atomic E-state index is 0.0661. The third-order valence-corrected chi connectivity index (χ3v) is 10.2. The first kappa shape index (κ1) is 32.3. The van der Waals surface area contributed by atoms with Gasteiger partial charge in [0.05, 0.1) is 43.8 Å². The third-order valence-electron chi connectivity index (χ3n) is 10.2. The predicted molar refractivity (Wildman–Crippen MR) is 168 cm³/mol. The summed E-state index contributed by atoms with van der Waals surface area (Å²) in [7, 11) is 0. The molecule has 10 nitrogen and oxygen atoms in total. The fourth-order valence-corrected chi connectivity index (χ4v) is 7.77. The Morgan fingerprint density at radius 1 is 1.14 bits per heavy atom. The molecule has 0 aromatic heterocycles. The van der Waals surface area contributed by atoms with E-state index < -0.39 is 35.6 Å². The van der Waals surface area contributed by atoms with Crippen LogP contribution in [0.3, 0.4) is 0 Å². The van der Waals surface area contributed by atoms with Crippen LogP contribution >= 0.6 is 0 Å². The van der Waals surface area contributed by atoms with E-state index >= 15 is 0 Å². The van der Waals surface area contributed by atoms with Crippen LogP contribution in [0.1, 0.15) is 33.1 Å². The summed E-state index contributed by atoms with van der Waals surface area (Å²) < 4.78 is 12.2. The van der Waals surface area contributed by atoms with Gasteiger partial charge in [-0.2, -0.15) is 0 Å². The van der Waals surface area contributed by atoms with Crippen molar-refractivity contribution in [2.24, 2.45) is 17.8 Å². The van der Waals surface area contributed by atoms with Gasteiger partial charge in [0.25, 0.3) is 0 Å². The maximum atomic E-state index is 14.7. The Balaban J connectivity index is 1.52. The first-order chi connectivity index (χ1) is 21.3. The largest absolute Gasteiger partial charge is 0.394 e. The van der Waals surface area contributed by atoms with Gasteiger partial charge in [-0.1, -0.05) is 50.6 Å². The molecule has 2 unspecified atom stereocenters. The van der Waals surface area contributed by atoms with E-state index in [0.717, 1.165) is 18.8 Å². The molecule has 0 radical (unpaired) electrons. The van der Waals surface area contributed by atoms with Gasteiger partial charge in [-0.05, 0) is 30.9 Å². The molecule has 4 fully saturated rings. The molecule has 1 aromatic rings. The van der Waals surface area contributed by atoms with Crippen molar-refractivity contribution in [1.82, 2.24) is 14.7 Å². The van der Waals surface area contributed by atoms with Gasteiger partial charge in [-0.25, -0.2) is 0 Å². The van der Waals surface area contributed by atoms with Gasteiger partial charge in [0.15, 0.2) is 0 Å². The average Bonchev–Trinajstić information content (AvgIpc) is 3.70. The fourth-order valence-electron chi connectivity index (χ4n) is 7.77. The second-order valence-corrected chi connectivity index (χ2v) is 12.5. The number of anilines is 1. The summed E-state index contributed by atoms with van der Waals surface area (Å²) in [6.07, 6.45) is 4.71. The highest BCUT2D eigenvalue weighted by atomic mass is 16.5. The molecule has 240 valence electrons. The van der Waals surface area contributed by atoms with Gasteiger partial charge in [-0.15, -0.1) is 13.2 Å². The highest BCUT2D eigenvalue weighted by Crippen LogP contribution is 2.59. The Kier molecular flexibility index (Phi) is 10.2. The van der Waals surface area contributed by atoms with E-state index in [1.165, 1.54) is 0 Å². The molecule has 1 spiro atoms. The Labute approximate surface area is 261 Å². The number of aliphatic hydroxyl groups excluding tert-OH is 1. The van der Waals surface area contributed by atoms with Gasteiger partial charge < -0.3 is 29.3 Å². The van der Waals surface area contributed by atoms with Crippen LogP contribution in [0.2, 0.25) is 0 Å². The molecule has 0 saturated carbocycles. The Bertz CT molecular complexity index is 1210. The topological polar surface area (TPSA) is 103 Å². The van der Waals surface area contributed by atoms with E-state index in [1.807, 2.05) is 44.2 Å². The molecule has 0 aliphatic carbocycles. The van der Waals surface area contributed by atoms with Gasteiger partial charge >= 0.3 is 0 Å². The number of fused-ring (bicyclic) bond motifs is 1. The van der Waals surface area contributed by atoms with Crippen molar-refractivity contribution in [2.75, 3.05) is 64.0 Å². The van der Waals surface area contributed by atoms with E-state index in [-0.39, 0.29) is 36.8 Å². The molecule has 44 heavy (non-hydrogen) atoms. The van der Waals surface area contributed by atoms with Crippen LogP contribution in [0.15, 0.2) is 55.6 Å². The van der Waals surface area contributed by atoms with Crippen molar-refractivity contribution in [3.8, 4) is 0 Å². The molecule has 2 bridgehead atoms. The number of amides is 3. The molecule has 1 aromatic carbocycles. The van der Waals surface area contributed by atoms with Crippen LogP contribution < -0.4 is 4.90 Å². The van der Waals surface area contributed by atoms with E-state index in [0.29, 0.717) is 52.1 Å². The standard InChI is InChI=1S/C34H48N4O6/c1-5-15-36(18-17-35-19-21-43-22-20-35)33(42)30-34-14-13-27(44-34)28(29(34)32(41)38(30)26(23-39)24(4)7-3)31(40)37(16-6-2)25-11-9-8-10-12-25/h5-6,8-12,24,26-30,39H,1-2,7,13-23H2,3-4H3/t24-,26-,27-,28+,29-,30?,34?/m0/s1. The second-order valence-electron chi connectivity index (χ2n) is 12.5. The lowest BCUT2D eigenvalue weighted by atomic mass is 9.70. The molecule has 5 rings (SSSR count). The van der Waals surface area contributed by atoms with E-state index in [2.05, 4.69) is 18.1 Å². The lowest BCUT2D eigenvalue weighted by Gasteiger charge is -2.41. The predicted octanol–water partition coefficient (Wildman–Crippen LogP) is 2.33. The highest BCUT2D eigenvalue weighted by Gasteiger charge is 2.75. The zero-order valence-corrected chi connectivity index (χ0v) is 26.2. The van der Waals surface area contributed by atoms with Crippen molar-refractivity contribution < 1.29 is 29.0 Å². The van der Waals surface area contributed by atoms with Crippen LogP contribution in [-0.2, 0) is 23.9 Å². The number of carbonyl (C=O) groups excluding carboxylic acids is 3. The first-order valence-electron chi connectivity index (χ1n) is 16.1. The molecule has 10 heteroatoms. The monoisotopic (exact) mass is 608 g/mol. The molecule has 4 heterocycles. The number of rotatable bonds is 14. The normalized spacial score (nSPS) is 29.2. The summed E-state index contributed by atoms with van der Waals surface area (Å²) in [5.74, 6) is -2.31. The second kappa shape index (κ2) is 13.9. The van der Waals surface area contributed by atoms with Gasteiger partial charge in [0, 0.05) is 45.0 Å². The number of para-hydroxylation sites is 1. The van der Waals surface area contributed by atoms with E-state index in [9.17, 15) is 19.5 Å². The molecule has 4 saturated heterocycles. The summed E-state index contributed by atoms with van der Waals surface area (Å²) in [4.78, 5) is 51.1. The molecular weight excluding hydrogens is 560 g/mol. The lowest BCUT2D eigenvalue weighted by Crippen LogP contribution is -2.60. The zero-order valence-electron chi connectivity index (χ0n) is 26.2. The number of nitrogens with zero attached hydrogens (tertiary/aromatic N) is 4. The van der Waals surface area contributed by atoms with Crippen LogP contribution in [-0.4, -0.2) is 120 Å². The fraction of sp³-hybridized carbons (Fsp3) is 0.618. The molecule has 3 amide bonds. The van der Waals surface area contributed by atoms with Crippen LogP contribution in [0.4, 0.5) is 5.69 Å². The Morgan fingerprint density at radius 3 is 2.48 bits per heavy atom. The lowest BCUT2D eigenvalue weighted by molar-refractivity contribution is -0.152. The molecule has 7 atom stereocenters. The summed E-state index contributed by atoms with van der Waals surface area (Å²) in [5.41, 5.74) is -0.424. The molecular formula is C34H48N4O6. The van der Waals surface area contributed by atoms with E-state index in [1.54, 1.807) is 26.9 Å². The molecule has 4 aliphatic rings. The van der Waals surface area contributed by atoms with Crippen molar-refractivity contribution >= 4 is 23.4 Å². The molecule has 4 aliphatic heterocycles. The minimum Gasteiger partial charge on any atom is -0.394 e. The quantitative estimate of drug-likeness (QED) is 0.324. The summed E-state index contributed by atoms with van der Waals surface area (Å²) in [6, 6.07) is 7.85. The number of hydrogen-bond acceptors (Lipinski definition) is 7. The van der Waals surface area contributed by atoms with Gasteiger partial charge in [-0.3, -0.25) is 19.3 Å². The highest BCUT2D eigenvalue weighted by molar-refractivity contribution is 6.03. The Hall–Kier alpha value is -3.05. The van der Waals surface area contributed by atoms with Crippen molar-refractivity contribution in [2.45, 2.75) is 56.9 Å². The summed E-state index contributed by atoms with van der Waals surface area (Å²) in [6.45, 7) is 16.2. The average molecular weight is 609 g/mol. The van der Waals surface area contributed by atoms with Crippen molar-refractivity contribution in [3.63, 3.8) is 0 Å². The van der Waals surface area contributed by atoms with Crippen molar-refractivity contribution in [1.29, 1.82) is 0 Å². The Morgan fingerprint density at radius 2 is 1.84 bits per heavy atom. The number of carbonyl (C=O) groups is 3. The number of aliphatic hydroxyl groups is 1. The third kappa shape index (κ3) is 5.73. The van der Waals surface area contributed by atoms with Crippen LogP contribution in [0.25, 0.3) is 0 Å². The number of ether oxygens (including phenoxy) is 2. The van der Waals surface area contributed by atoms with Gasteiger partial charge in [0.1, 0.15) is 11.6 Å². The first-order valence-corrected chi connectivity index (χ1v) is 16.1. The zero-order chi connectivity index (χ0) is 31.4. The summed E-state index contributed by atoms with van der Waals surface area (Å²) >= 11 is 0. The minimum atomic E-state index is -1.14. The van der Waals surface area contributed by atoms with Crippen LogP contribution in [0, 0.1) is 17.8 Å². The van der Waals surface area contributed by atoms with Gasteiger partial charge in [0.2, 0.25) is 17.7 Å². The number of hydrogen-bond donors (Lipinski definition) is 1. The van der Waals surface area contributed by atoms with Crippen molar-refractivity contribution in [3.05, 3.63) is 55.6 Å². The number of morpholine rings is 1. The number of likely N-dealkylation sites (tertiary alicyclic amines) is 1. The summed E-state index contributed by atoms with van der Waals surface area (Å²) in [5, 5.41) is 10.7. The SMILES string of the molecule is C=CCN(CCN1CCOCC1)C(=O)C1N([C@@H](CO)[C@@H](C)CC)C(=O)[C@@H]2[C@H](C(=O)N(CC=C)c3ccccc3)[C@@H]3CCC12O3. The smallest absolute Gasteiger partial charge is 0.248 e.